The molecule has 0 heterocycles. The van der Waals surface area contributed by atoms with E-state index in [1.165, 1.54) is 12.1 Å². The molecule has 1 aromatic carbocycles. The molecule has 0 fully saturated rings. The molecule has 0 spiro atoms. The lowest BCUT2D eigenvalue weighted by atomic mass is 10.1. The molecule has 2 nitrogen and oxygen atoms in total. The third-order valence-electron chi connectivity index (χ3n) is 2.35. The Balaban J connectivity index is 2.33. The second-order valence-corrected chi connectivity index (χ2v) is 5.03. The maximum Gasteiger partial charge on any atom is 0.132 e. The quantitative estimate of drug-likeness (QED) is 0.700. The number of benzene rings is 1. The van der Waals surface area contributed by atoms with E-state index in [4.69, 9.17) is 4.74 Å². The fourth-order valence-corrected chi connectivity index (χ4v) is 2.48. The summed E-state index contributed by atoms with van der Waals surface area (Å²) in [7, 11) is 1.61. The van der Waals surface area contributed by atoms with Crippen LogP contribution in [0.25, 0.3) is 0 Å². The van der Waals surface area contributed by atoms with E-state index in [-0.39, 0.29) is 17.7 Å². The van der Waals surface area contributed by atoms with E-state index in [1.54, 1.807) is 31.9 Å². The van der Waals surface area contributed by atoms with Crippen LogP contribution < -0.4 is 0 Å². The molecule has 0 aliphatic rings. The fraction of sp³-hybridized carbons (Fsp3) is 0.462. The van der Waals surface area contributed by atoms with Gasteiger partial charge in [-0.15, -0.1) is 11.8 Å². The number of thioether (sulfide) groups is 1. The van der Waals surface area contributed by atoms with Crippen molar-refractivity contribution >= 4 is 17.5 Å². The second-order valence-electron chi connectivity index (χ2n) is 3.86. The Morgan fingerprint density at radius 2 is 2.29 bits per heavy atom. The van der Waals surface area contributed by atoms with Gasteiger partial charge in [-0.05, 0) is 31.5 Å². The molecular weight excluding hydrogens is 239 g/mol. The summed E-state index contributed by atoms with van der Waals surface area (Å²) in [4.78, 5) is 11.9. The SMILES string of the molecule is COC(CCSc1cccc(F)c1)CC(C)=O. The van der Waals surface area contributed by atoms with Gasteiger partial charge in [-0.25, -0.2) is 4.39 Å². The molecule has 0 aliphatic heterocycles. The second kappa shape index (κ2) is 7.45. The fourth-order valence-electron chi connectivity index (χ4n) is 1.49. The molecular formula is C13H17FO2S. The summed E-state index contributed by atoms with van der Waals surface area (Å²) in [5.41, 5.74) is 0. The molecule has 1 rings (SSSR count). The lowest BCUT2D eigenvalue weighted by molar-refractivity contribution is -0.119. The smallest absolute Gasteiger partial charge is 0.132 e. The van der Waals surface area contributed by atoms with Crippen LogP contribution in [0.2, 0.25) is 0 Å². The number of carbonyl (C=O) groups is 1. The minimum Gasteiger partial charge on any atom is -0.381 e. The zero-order valence-electron chi connectivity index (χ0n) is 10.1. The van der Waals surface area contributed by atoms with Gasteiger partial charge in [0.05, 0.1) is 6.10 Å². The Labute approximate surface area is 106 Å². The van der Waals surface area contributed by atoms with Gasteiger partial charge in [0.15, 0.2) is 0 Å². The molecule has 1 atom stereocenters. The van der Waals surface area contributed by atoms with E-state index >= 15 is 0 Å². The van der Waals surface area contributed by atoms with E-state index in [9.17, 15) is 9.18 Å². The molecule has 1 aromatic rings. The molecule has 0 saturated heterocycles. The van der Waals surface area contributed by atoms with Crippen molar-refractivity contribution in [3.05, 3.63) is 30.1 Å². The Morgan fingerprint density at radius 3 is 2.88 bits per heavy atom. The first kappa shape index (κ1) is 14.2. The molecule has 4 heteroatoms. The maximum atomic E-state index is 12.9. The van der Waals surface area contributed by atoms with Crippen LogP contribution in [0.1, 0.15) is 19.8 Å². The van der Waals surface area contributed by atoms with Crippen molar-refractivity contribution in [3.8, 4) is 0 Å². The molecule has 1 unspecified atom stereocenters. The Kier molecular flexibility index (Phi) is 6.22. The zero-order valence-corrected chi connectivity index (χ0v) is 10.9. The highest BCUT2D eigenvalue weighted by molar-refractivity contribution is 7.99. The molecule has 0 bridgehead atoms. The van der Waals surface area contributed by atoms with Crippen LogP contribution in [0.15, 0.2) is 29.2 Å². The summed E-state index contributed by atoms with van der Waals surface area (Å²) in [6, 6.07) is 6.51. The molecule has 0 N–H and O–H groups in total. The topological polar surface area (TPSA) is 26.3 Å². The number of methoxy groups -OCH3 is 1. The predicted octanol–water partition coefficient (Wildman–Crippen LogP) is 3.30. The van der Waals surface area contributed by atoms with E-state index < -0.39 is 0 Å². The van der Waals surface area contributed by atoms with Crippen molar-refractivity contribution < 1.29 is 13.9 Å². The summed E-state index contributed by atoms with van der Waals surface area (Å²) in [5.74, 6) is 0.726. The Bertz CT molecular complexity index is 368. The number of ether oxygens (including phenoxy) is 1. The lowest BCUT2D eigenvalue weighted by Crippen LogP contribution is -2.15. The Morgan fingerprint density at radius 1 is 1.53 bits per heavy atom. The van der Waals surface area contributed by atoms with Crippen LogP contribution in [-0.4, -0.2) is 24.7 Å². The Hall–Kier alpha value is -0.870. The molecule has 0 saturated carbocycles. The van der Waals surface area contributed by atoms with Crippen LogP contribution in [0, 0.1) is 5.82 Å². The summed E-state index contributed by atoms with van der Waals surface area (Å²) in [6.45, 7) is 1.56. The molecule has 94 valence electrons. The van der Waals surface area contributed by atoms with Crippen LogP contribution in [0.3, 0.4) is 0 Å². The van der Waals surface area contributed by atoms with E-state index in [2.05, 4.69) is 0 Å². The predicted molar refractivity (Wildman–Crippen MR) is 67.8 cm³/mol. The molecule has 0 amide bonds. The molecule has 0 aliphatic carbocycles. The van der Waals surface area contributed by atoms with E-state index in [0.29, 0.717) is 6.42 Å². The van der Waals surface area contributed by atoms with Gasteiger partial charge < -0.3 is 4.74 Å². The van der Waals surface area contributed by atoms with Gasteiger partial charge in [0.25, 0.3) is 0 Å². The summed E-state index contributed by atoms with van der Waals surface area (Å²) in [6.07, 6.45) is 1.20. The first-order valence-corrected chi connectivity index (χ1v) is 6.51. The zero-order chi connectivity index (χ0) is 12.7. The number of ketones is 1. The van der Waals surface area contributed by atoms with Crippen LogP contribution in [0.5, 0.6) is 0 Å². The van der Waals surface area contributed by atoms with E-state index in [0.717, 1.165) is 17.1 Å². The summed E-state index contributed by atoms with van der Waals surface area (Å²) < 4.78 is 18.1. The highest BCUT2D eigenvalue weighted by atomic mass is 32.2. The number of halogens is 1. The van der Waals surface area contributed by atoms with Crippen LogP contribution >= 0.6 is 11.8 Å². The number of rotatable bonds is 7. The van der Waals surface area contributed by atoms with Crippen molar-refractivity contribution in [2.45, 2.75) is 30.8 Å². The standard InChI is InChI=1S/C13H17FO2S/c1-10(15)8-12(16-2)6-7-17-13-5-3-4-11(14)9-13/h3-5,9,12H,6-8H2,1-2H3. The van der Waals surface area contributed by atoms with Crippen molar-refractivity contribution in [2.24, 2.45) is 0 Å². The maximum absolute atomic E-state index is 12.9. The molecule has 0 aromatic heterocycles. The minimum absolute atomic E-state index is 0.0337. The molecule has 17 heavy (non-hydrogen) atoms. The normalized spacial score (nSPS) is 12.4. The van der Waals surface area contributed by atoms with Crippen molar-refractivity contribution in [2.75, 3.05) is 12.9 Å². The largest absolute Gasteiger partial charge is 0.381 e. The van der Waals surface area contributed by atoms with Crippen molar-refractivity contribution in [1.29, 1.82) is 0 Å². The third kappa shape index (κ3) is 5.84. The van der Waals surface area contributed by atoms with E-state index in [1.807, 2.05) is 6.07 Å². The van der Waals surface area contributed by atoms with Gasteiger partial charge in [0.2, 0.25) is 0 Å². The monoisotopic (exact) mass is 256 g/mol. The number of hydrogen-bond donors (Lipinski definition) is 0. The summed E-state index contributed by atoms with van der Waals surface area (Å²) >= 11 is 1.57. The van der Waals surface area contributed by atoms with Gasteiger partial charge in [0, 0.05) is 24.2 Å². The van der Waals surface area contributed by atoms with Gasteiger partial charge in [0.1, 0.15) is 11.6 Å². The first-order valence-electron chi connectivity index (χ1n) is 5.52. The highest BCUT2D eigenvalue weighted by Crippen LogP contribution is 2.21. The van der Waals surface area contributed by atoms with Gasteiger partial charge in [-0.1, -0.05) is 6.07 Å². The number of carbonyl (C=O) groups excluding carboxylic acids is 1. The van der Waals surface area contributed by atoms with Crippen LogP contribution in [0.4, 0.5) is 4.39 Å². The minimum atomic E-state index is -0.220. The lowest BCUT2D eigenvalue weighted by Gasteiger charge is -2.13. The van der Waals surface area contributed by atoms with Gasteiger partial charge in [-0.3, -0.25) is 4.79 Å². The van der Waals surface area contributed by atoms with Crippen molar-refractivity contribution in [1.82, 2.24) is 0 Å². The average molecular weight is 256 g/mol. The first-order chi connectivity index (χ1) is 8.11. The number of hydrogen-bond acceptors (Lipinski definition) is 3. The van der Waals surface area contributed by atoms with Gasteiger partial charge in [-0.2, -0.15) is 0 Å². The number of Topliss-reactive ketones (excluding diaryl/α,β-unsaturated/α-hetero) is 1. The third-order valence-corrected chi connectivity index (χ3v) is 3.38. The average Bonchev–Trinajstić information content (AvgIpc) is 2.27. The van der Waals surface area contributed by atoms with Gasteiger partial charge >= 0.3 is 0 Å². The van der Waals surface area contributed by atoms with Crippen LogP contribution in [-0.2, 0) is 9.53 Å². The molecule has 0 radical (unpaired) electrons. The highest BCUT2D eigenvalue weighted by Gasteiger charge is 2.10. The summed E-state index contributed by atoms with van der Waals surface area (Å²) in [5, 5.41) is 0. The van der Waals surface area contributed by atoms with Crippen molar-refractivity contribution in [3.63, 3.8) is 0 Å².